The van der Waals surface area contributed by atoms with Gasteiger partial charge in [0.25, 0.3) is 5.91 Å². The molecule has 4 rings (SSSR count). The SMILES string of the molecule is CC(C)[C@H](NC(=O)OC(C)(C)C)C(=O)N=[S@](C)(=O)Cc1cc2cc(c1)OCCCCCNc1cc(ccc1F)-c1nc(ncc1F)N2. The van der Waals surface area contributed by atoms with Crippen LogP contribution in [0.3, 0.4) is 0 Å². The van der Waals surface area contributed by atoms with Crippen molar-refractivity contribution in [3.63, 3.8) is 0 Å². The van der Waals surface area contributed by atoms with E-state index in [2.05, 4.69) is 30.3 Å². The van der Waals surface area contributed by atoms with E-state index >= 15 is 0 Å². The van der Waals surface area contributed by atoms with Gasteiger partial charge >= 0.3 is 6.09 Å². The number of amides is 2. The summed E-state index contributed by atoms with van der Waals surface area (Å²) in [7, 11) is -3.14. The van der Waals surface area contributed by atoms with Crippen molar-refractivity contribution in [2.24, 2.45) is 10.3 Å². The van der Waals surface area contributed by atoms with Gasteiger partial charge in [0.2, 0.25) is 5.95 Å². The van der Waals surface area contributed by atoms with Crippen molar-refractivity contribution in [1.29, 1.82) is 0 Å². The molecule has 0 spiro atoms. The first-order chi connectivity index (χ1) is 22.1. The maximum Gasteiger partial charge on any atom is 0.408 e. The number of benzene rings is 2. The second-order valence-corrected chi connectivity index (χ2v) is 15.2. The zero-order valence-electron chi connectivity index (χ0n) is 27.5. The minimum Gasteiger partial charge on any atom is -0.494 e. The van der Waals surface area contributed by atoms with Crippen molar-refractivity contribution in [2.45, 2.75) is 71.3 Å². The summed E-state index contributed by atoms with van der Waals surface area (Å²) in [5.41, 5.74) is 0.851. The number of aromatic nitrogens is 2. The molecule has 3 N–H and O–H groups in total. The molecule has 47 heavy (non-hydrogen) atoms. The Morgan fingerprint density at radius 3 is 2.60 bits per heavy atom. The molecular weight excluding hydrogens is 630 g/mol. The molecule has 254 valence electrons. The lowest BCUT2D eigenvalue weighted by Gasteiger charge is -2.24. The van der Waals surface area contributed by atoms with E-state index in [1.165, 1.54) is 24.5 Å². The van der Waals surface area contributed by atoms with E-state index in [0.717, 1.165) is 25.5 Å². The van der Waals surface area contributed by atoms with E-state index in [1.807, 2.05) is 0 Å². The first kappa shape index (κ1) is 35.5. The van der Waals surface area contributed by atoms with Gasteiger partial charge in [0.15, 0.2) is 5.82 Å². The minimum absolute atomic E-state index is 0.0175. The molecule has 0 saturated heterocycles. The summed E-state index contributed by atoms with van der Waals surface area (Å²) in [6.07, 6.45) is 3.90. The normalized spacial score (nSPS) is 15.5. The fraction of sp³-hybridized carbons (Fsp3) is 0.455. The summed E-state index contributed by atoms with van der Waals surface area (Å²) >= 11 is 0. The van der Waals surface area contributed by atoms with Gasteiger partial charge in [0.1, 0.15) is 28.9 Å². The third-order valence-corrected chi connectivity index (χ3v) is 8.37. The fourth-order valence-corrected chi connectivity index (χ4v) is 6.16. The predicted octanol–water partition coefficient (Wildman–Crippen LogP) is 6.81. The van der Waals surface area contributed by atoms with Crippen molar-refractivity contribution in [3.05, 3.63) is 59.8 Å². The Balaban J connectivity index is 1.64. The number of halogens is 2. The van der Waals surface area contributed by atoms with Gasteiger partial charge in [-0.25, -0.2) is 27.8 Å². The molecule has 3 aromatic rings. The summed E-state index contributed by atoms with van der Waals surface area (Å²) in [4.78, 5) is 34.0. The largest absolute Gasteiger partial charge is 0.494 e. The van der Waals surface area contributed by atoms with Crippen molar-refractivity contribution in [1.82, 2.24) is 15.3 Å². The van der Waals surface area contributed by atoms with Crippen LogP contribution >= 0.6 is 0 Å². The molecule has 2 amide bonds. The number of carbonyl (C=O) groups excluding carboxylic acids is 2. The van der Waals surface area contributed by atoms with Crippen molar-refractivity contribution < 1.29 is 32.1 Å². The van der Waals surface area contributed by atoms with Crippen LogP contribution in [0.2, 0.25) is 0 Å². The van der Waals surface area contributed by atoms with Crippen molar-refractivity contribution in [2.75, 3.05) is 30.0 Å². The maximum atomic E-state index is 14.9. The Labute approximate surface area is 274 Å². The number of nitrogens with one attached hydrogen (secondary N) is 3. The highest BCUT2D eigenvalue weighted by molar-refractivity contribution is 7.92. The maximum absolute atomic E-state index is 14.9. The van der Waals surface area contributed by atoms with E-state index in [9.17, 15) is 22.6 Å². The molecule has 14 heteroatoms. The van der Waals surface area contributed by atoms with Crippen LogP contribution in [0.4, 0.5) is 30.9 Å². The summed E-state index contributed by atoms with van der Waals surface area (Å²) in [5.74, 6) is -1.78. The van der Waals surface area contributed by atoms with Gasteiger partial charge in [-0.05, 0) is 81.8 Å². The van der Waals surface area contributed by atoms with Crippen LogP contribution in [0, 0.1) is 17.6 Å². The van der Waals surface area contributed by atoms with Crippen LogP contribution in [0.5, 0.6) is 5.75 Å². The lowest BCUT2D eigenvalue weighted by atomic mass is 10.0. The smallest absolute Gasteiger partial charge is 0.408 e. The molecule has 1 aliphatic heterocycles. The molecule has 6 bridgehead atoms. The highest BCUT2D eigenvalue weighted by Crippen LogP contribution is 2.29. The predicted molar refractivity (Wildman–Crippen MR) is 178 cm³/mol. The molecule has 0 unspecified atom stereocenters. The highest BCUT2D eigenvalue weighted by atomic mass is 32.2. The number of carbonyl (C=O) groups is 2. The van der Waals surface area contributed by atoms with Crippen molar-refractivity contribution in [3.8, 4) is 17.0 Å². The Hall–Kier alpha value is -4.33. The summed E-state index contributed by atoms with van der Waals surface area (Å²) in [5, 5.41) is 8.67. The third-order valence-electron chi connectivity index (χ3n) is 6.93. The lowest BCUT2D eigenvalue weighted by molar-refractivity contribution is -0.120. The first-order valence-corrected chi connectivity index (χ1v) is 17.5. The number of alkyl carbamates (subject to hydrolysis) is 1. The Kier molecular flexibility index (Phi) is 11.4. The van der Waals surface area contributed by atoms with Gasteiger partial charge in [-0.15, -0.1) is 0 Å². The second-order valence-electron chi connectivity index (χ2n) is 12.8. The minimum atomic E-state index is -3.14. The number of nitrogens with zero attached hydrogens (tertiary/aromatic N) is 3. The van der Waals surface area contributed by atoms with Crippen LogP contribution in [-0.4, -0.2) is 57.2 Å². The molecule has 0 fully saturated rings. The highest BCUT2D eigenvalue weighted by Gasteiger charge is 2.28. The number of fused-ring (bicyclic) bond motifs is 7. The average Bonchev–Trinajstić information content (AvgIpc) is 2.95. The Bertz CT molecular complexity index is 1740. The standard InChI is InChI=1S/C33H42F2N6O5S/c1-20(2)28(40-32(43)46-33(3,4)5)30(42)41-47(6,44)19-21-14-23-17-24(15-21)45-13-9-7-8-12-36-27-16-22(10-11-25(27)34)29-26(35)18-37-31(38-23)39-29/h10-11,14-18,20,28,36H,7-9,12-13,19H2,1-6H3,(H,40,43)(H,37,38,39)/t28-,47+/m0/s1. The van der Waals surface area contributed by atoms with E-state index in [0.29, 0.717) is 35.7 Å². The Morgan fingerprint density at radius 2 is 1.87 bits per heavy atom. The van der Waals surface area contributed by atoms with Gasteiger partial charge < -0.3 is 25.4 Å². The molecular formula is C33H42F2N6O5S. The van der Waals surface area contributed by atoms with Gasteiger partial charge in [0, 0.05) is 30.1 Å². The number of hydrogen-bond donors (Lipinski definition) is 3. The molecule has 0 radical (unpaired) electrons. The van der Waals surface area contributed by atoms with Gasteiger partial charge in [-0.1, -0.05) is 13.8 Å². The van der Waals surface area contributed by atoms with Crippen LogP contribution < -0.4 is 20.7 Å². The number of ether oxygens (including phenoxy) is 2. The lowest BCUT2D eigenvalue weighted by Crippen LogP contribution is -2.46. The molecule has 1 aliphatic rings. The second kappa shape index (κ2) is 15.1. The van der Waals surface area contributed by atoms with E-state index < -0.39 is 45.0 Å². The average molecular weight is 673 g/mol. The number of anilines is 3. The van der Waals surface area contributed by atoms with E-state index in [1.54, 1.807) is 52.8 Å². The molecule has 1 aromatic heterocycles. The van der Waals surface area contributed by atoms with Crippen LogP contribution in [0.25, 0.3) is 11.3 Å². The fourth-order valence-electron chi connectivity index (χ4n) is 4.82. The van der Waals surface area contributed by atoms with Crippen LogP contribution in [0.15, 0.2) is 47.0 Å². The monoisotopic (exact) mass is 672 g/mol. The third kappa shape index (κ3) is 10.6. The Morgan fingerprint density at radius 1 is 1.11 bits per heavy atom. The summed E-state index contributed by atoms with van der Waals surface area (Å²) < 4.78 is 58.4. The van der Waals surface area contributed by atoms with Crippen LogP contribution in [0.1, 0.15) is 59.4 Å². The molecule has 0 saturated carbocycles. The zero-order valence-corrected chi connectivity index (χ0v) is 28.3. The van der Waals surface area contributed by atoms with E-state index in [-0.39, 0.29) is 29.0 Å². The molecule has 2 heterocycles. The van der Waals surface area contributed by atoms with Gasteiger partial charge in [0.05, 0.1) is 34.0 Å². The van der Waals surface area contributed by atoms with Gasteiger partial charge in [-0.2, -0.15) is 4.36 Å². The zero-order chi connectivity index (χ0) is 34.4. The molecule has 2 aromatic carbocycles. The quantitative estimate of drug-likeness (QED) is 0.266. The van der Waals surface area contributed by atoms with Gasteiger partial charge in [-0.3, -0.25) is 4.79 Å². The molecule has 2 atom stereocenters. The first-order valence-electron chi connectivity index (χ1n) is 15.4. The summed E-state index contributed by atoms with van der Waals surface area (Å²) in [6.45, 7) is 9.51. The molecule has 0 aliphatic carbocycles. The number of rotatable bonds is 5. The van der Waals surface area contributed by atoms with Crippen molar-refractivity contribution >= 4 is 39.1 Å². The van der Waals surface area contributed by atoms with E-state index in [4.69, 9.17) is 9.47 Å². The topological polar surface area (TPSA) is 144 Å². The number of hydrogen-bond acceptors (Lipinski definition) is 9. The molecule has 11 nitrogen and oxygen atoms in total. The van der Waals surface area contributed by atoms with Crippen LogP contribution in [-0.2, 0) is 25.0 Å². The summed E-state index contributed by atoms with van der Waals surface area (Å²) in [6, 6.07) is 8.31.